The van der Waals surface area contributed by atoms with Crippen LogP contribution in [0.5, 0.6) is 0 Å². The fourth-order valence-corrected chi connectivity index (χ4v) is 3.87. The maximum Gasteiger partial charge on any atom is 0.0472 e. The number of hydrogen-bond donors (Lipinski definition) is 1. The predicted octanol–water partition coefficient (Wildman–Crippen LogP) is 2.47. The average molecular weight is 289 g/mol. The molecule has 0 bridgehead atoms. The SMILES string of the molecule is CCNCC1(CN(C)C(CC)CSC)CCOCC1. The molecule has 0 aliphatic carbocycles. The van der Waals surface area contributed by atoms with Crippen LogP contribution in [0.15, 0.2) is 0 Å². The van der Waals surface area contributed by atoms with Crippen LogP contribution in [-0.4, -0.2) is 62.8 Å². The van der Waals surface area contributed by atoms with E-state index in [0.29, 0.717) is 11.5 Å². The Kier molecular flexibility index (Phi) is 8.38. The lowest BCUT2D eigenvalue weighted by atomic mass is 9.79. The van der Waals surface area contributed by atoms with Crippen LogP contribution < -0.4 is 5.32 Å². The molecule has 4 heteroatoms. The van der Waals surface area contributed by atoms with Crippen LogP contribution in [0.1, 0.15) is 33.1 Å². The van der Waals surface area contributed by atoms with Gasteiger partial charge in [0.2, 0.25) is 0 Å². The van der Waals surface area contributed by atoms with Gasteiger partial charge < -0.3 is 15.0 Å². The lowest BCUT2D eigenvalue weighted by Gasteiger charge is -2.42. The van der Waals surface area contributed by atoms with Crippen molar-refractivity contribution in [2.75, 3.05) is 51.9 Å². The fourth-order valence-electron chi connectivity index (χ4n) is 2.99. The second-order valence-corrected chi connectivity index (χ2v) is 6.74. The molecule has 19 heavy (non-hydrogen) atoms. The van der Waals surface area contributed by atoms with Crippen molar-refractivity contribution in [3.63, 3.8) is 0 Å². The van der Waals surface area contributed by atoms with Gasteiger partial charge >= 0.3 is 0 Å². The number of ether oxygens (including phenoxy) is 1. The van der Waals surface area contributed by atoms with E-state index < -0.39 is 0 Å². The van der Waals surface area contributed by atoms with Crippen molar-refractivity contribution in [1.29, 1.82) is 0 Å². The van der Waals surface area contributed by atoms with E-state index in [4.69, 9.17) is 4.74 Å². The summed E-state index contributed by atoms with van der Waals surface area (Å²) in [5.41, 5.74) is 0.412. The lowest BCUT2D eigenvalue weighted by Crippen LogP contribution is -2.49. The minimum atomic E-state index is 0.412. The molecule has 3 nitrogen and oxygen atoms in total. The zero-order valence-corrected chi connectivity index (χ0v) is 14.0. The van der Waals surface area contributed by atoms with Crippen LogP contribution in [0.3, 0.4) is 0 Å². The first-order chi connectivity index (χ1) is 9.17. The summed E-state index contributed by atoms with van der Waals surface area (Å²) in [6.07, 6.45) is 5.84. The van der Waals surface area contributed by atoms with Crippen LogP contribution in [0.4, 0.5) is 0 Å². The molecular weight excluding hydrogens is 256 g/mol. The molecule has 1 aliphatic rings. The van der Waals surface area contributed by atoms with E-state index in [1.54, 1.807) is 0 Å². The van der Waals surface area contributed by atoms with Gasteiger partial charge in [-0.15, -0.1) is 0 Å². The zero-order chi connectivity index (χ0) is 14.1. The second-order valence-electron chi connectivity index (χ2n) is 5.83. The Hall–Kier alpha value is 0.230. The third-order valence-electron chi connectivity index (χ3n) is 4.34. The standard InChI is InChI=1S/C15H32N2OS/c1-5-14(11-19-4)17(3)13-15(12-16-6-2)7-9-18-10-8-15/h14,16H,5-13H2,1-4H3. The van der Waals surface area contributed by atoms with Crippen LogP contribution in [0, 0.1) is 5.41 Å². The maximum absolute atomic E-state index is 5.57. The number of nitrogens with one attached hydrogen (secondary N) is 1. The quantitative estimate of drug-likeness (QED) is 0.704. The van der Waals surface area contributed by atoms with Gasteiger partial charge in [-0.3, -0.25) is 0 Å². The summed E-state index contributed by atoms with van der Waals surface area (Å²) in [5.74, 6) is 1.24. The minimum Gasteiger partial charge on any atom is -0.381 e. The van der Waals surface area contributed by atoms with Gasteiger partial charge in [-0.1, -0.05) is 13.8 Å². The zero-order valence-electron chi connectivity index (χ0n) is 13.2. The highest BCUT2D eigenvalue weighted by molar-refractivity contribution is 7.98. The molecule has 1 aliphatic heterocycles. The molecule has 0 aromatic carbocycles. The van der Waals surface area contributed by atoms with E-state index in [0.717, 1.165) is 26.3 Å². The molecule has 1 atom stereocenters. The molecule has 114 valence electrons. The van der Waals surface area contributed by atoms with Crippen molar-refractivity contribution >= 4 is 11.8 Å². The molecule has 1 N–H and O–H groups in total. The van der Waals surface area contributed by atoms with Crippen molar-refractivity contribution in [2.24, 2.45) is 5.41 Å². The van der Waals surface area contributed by atoms with Crippen molar-refractivity contribution in [2.45, 2.75) is 39.2 Å². The van der Waals surface area contributed by atoms with E-state index in [2.05, 4.69) is 37.4 Å². The third-order valence-corrected chi connectivity index (χ3v) is 5.06. The topological polar surface area (TPSA) is 24.5 Å². The number of thioether (sulfide) groups is 1. The van der Waals surface area contributed by atoms with Gasteiger partial charge in [-0.2, -0.15) is 11.8 Å². The van der Waals surface area contributed by atoms with Crippen molar-refractivity contribution in [3.05, 3.63) is 0 Å². The third kappa shape index (κ3) is 5.62. The summed E-state index contributed by atoms with van der Waals surface area (Å²) < 4.78 is 5.57. The number of rotatable bonds is 9. The molecule has 0 spiro atoms. The lowest BCUT2D eigenvalue weighted by molar-refractivity contribution is -0.00529. The molecule has 0 saturated carbocycles. The summed E-state index contributed by atoms with van der Waals surface area (Å²) in [6, 6.07) is 0.705. The van der Waals surface area contributed by atoms with Crippen LogP contribution >= 0.6 is 11.8 Å². The van der Waals surface area contributed by atoms with E-state index in [1.807, 2.05) is 11.8 Å². The van der Waals surface area contributed by atoms with E-state index in [-0.39, 0.29) is 0 Å². The molecule has 1 fully saturated rings. The molecule has 1 unspecified atom stereocenters. The van der Waals surface area contributed by atoms with E-state index in [9.17, 15) is 0 Å². The highest BCUT2D eigenvalue weighted by atomic mass is 32.2. The molecule has 0 radical (unpaired) electrons. The highest BCUT2D eigenvalue weighted by Gasteiger charge is 2.34. The van der Waals surface area contributed by atoms with Gasteiger partial charge in [0.25, 0.3) is 0 Å². The Balaban J connectivity index is 2.59. The van der Waals surface area contributed by atoms with Crippen molar-refractivity contribution in [1.82, 2.24) is 10.2 Å². The van der Waals surface area contributed by atoms with Crippen molar-refractivity contribution < 1.29 is 4.74 Å². The first-order valence-electron chi connectivity index (χ1n) is 7.65. The van der Waals surface area contributed by atoms with Crippen LogP contribution in [0.25, 0.3) is 0 Å². The van der Waals surface area contributed by atoms with Gasteiger partial charge in [-0.25, -0.2) is 0 Å². The Bertz CT molecular complexity index is 232. The predicted molar refractivity (Wildman–Crippen MR) is 86.1 cm³/mol. The highest BCUT2D eigenvalue weighted by Crippen LogP contribution is 2.31. The molecule has 1 saturated heterocycles. The summed E-state index contributed by atoms with van der Waals surface area (Å²) >= 11 is 1.96. The average Bonchev–Trinajstić information content (AvgIpc) is 2.43. The normalized spacial score (nSPS) is 20.7. The smallest absolute Gasteiger partial charge is 0.0472 e. The van der Waals surface area contributed by atoms with Crippen LogP contribution in [0.2, 0.25) is 0 Å². The molecule has 0 amide bonds. The Morgan fingerprint density at radius 2 is 2.00 bits per heavy atom. The summed E-state index contributed by atoms with van der Waals surface area (Å²) in [5, 5.41) is 3.57. The summed E-state index contributed by atoms with van der Waals surface area (Å²) in [6.45, 7) is 9.75. The second kappa shape index (κ2) is 9.22. The molecule has 0 aromatic heterocycles. The van der Waals surface area contributed by atoms with Gasteiger partial charge in [0, 0.05) is 38.1 Å². The van der Waals surface area contributed by atoms with Gasteiger partial charge in [0.1, 0.15) is 0 Å². The van der Waals surface area contributed by atoms with Gasteiger partial charge in [0.05, 0.1) is 0 Å². The molecular formula is C15H32N2OS. The summed E-state index contributed by atoms with van der Waals surface area (Å²) in [7, 11) is 2.30. The monoisotopic (exact) mass is 288 g/mol. The summed E-state index contributed by atoms with van der Waals surface area (Å²) in [4.78, 5) is 2.58. The Morgan fingerprint density at radius 1 is 1.32 bits per heavy atom. The Labute approximate surface area is 123 Å². The fraction of sp³-hybridized carbons (Fsp3) is 1.00. The van der Waals surface area contributed by atoms with E-state index >= 15 is 0 Å². The first-order valence-corrected chi connectivity index (χ1v) is 9.04. The molecule has 1 heterocycles. The number of nitrogens with zero attached hydrogens (tertiary/aromatic N) is 1. The minimum absolute atomic E-state index is 0.412. The maximum atomic E-state index is 5.57. The number of hydrogen-bond acceptors (Lipinski definition) is 4. The van der Waals surface area contributed by atoms with Gasteiger partial charge in [-0.05, 0) is 44.5 Å². The first kappa shape index (κ1) is 17.3. The Morgan fingerprint density at radius 3 is 2.53 bits per heavy atom. The largest absolute Gasteiger partial charge is 0.381 e. The van der Waals surface area contributed by atoms with Gasteiger partial charge in [0.15, 0.2) is 0 Å². The van der Waals surface area contributed by atoms with Crippen molar-refractivity contribution in [3.8, 4) is 0 Å². The molecule has 1 rings (SSSR count). The van der Waals surface area contributed by atoms with Crippen LogP contribution in [-0.2, 0) is 4.74 Å². The van der Waals surface area contributed by atoms with E-state index in [1.165, 1.54) is 31.6 Å². The molecule has 0 aromatic rings.